The monoisotopic (exact) mass is 294 g/mol. The normalized spacial score (nSPS) is 12.5. The molecule has 0 spiro atoms. The van der Waals surface area contributed by atoms with Crippen molar-refractivity contribution in [1.82, 2.24) is 0 Å². The number of aryl methyl sites for hydroxylation is 1. The fourth-order valence-corrected chi connectivity index (χ4v) is 2.52. The second-order valence-corrected chi connectivity index (χ2v) is 5.90. The topological polar surface area (TPSA) is 60.7 Å². The SMILES string of the molecule is CCC(O)CCCCCCCCCc1ccc(O)c(O)c1. The molecule has 1 unspecified atom stereocenters. The van der Waals surface area contributed by atoms with Crippen LogP contribution in [-0.2, 0) is 6.42 Å². The molecule has 0 amide bonds. The summed E-state index contributed by atoms with van der Waals surface area (Å²) in [5.41, 5.74) is 1.08. The van der Waals surface area contributed by atoms with E-state index in [4.69, 9.17) is 0 Å². The first kappa shape index (κ1) is 17.8. The minimum atomic E-state index is -0.105. The number of unbranched alkanes of at least 4 members (excludes halogenated alkanes) is 6. The number of aromatic hydroxyl groups is 2. The van der Waals surface area contributed by atoms with Crippen molar-refractivity contribution in [3.8, 4) is 11.5 Å². The van der Waals surface area contributed by atoms with Crippen molar-refractivity contribution in [2.24, 2.45) is 0 Å². The summed E-state index contributed by atoms with van der Waals surface area (Å²) >= 11 is 0. The van der Waals surface area contributed by atoms with Crippen LogP contribution in [0.1, 0.15) is 70.3 Å². The average molecular weight is 294 g/mol. The molecular weight excluding hydrogens is 264 g/mol. The number of hydrogen-bond acceptors (Lipinski definition) is 3. The number of phenolic OH excluding ortho intramolecular Hbond substituents is 2. The van der Waals surface area contributed by atoms with Crippen LogP contribution in [0.2, 0.25) is 0 Å². The fourth-order valence-electron chi connectivity index (χ4n) is 2.52. The van der Waals surface area contributed by atoms with Crippen molar-refractivity contribution in [3.05, 3.63) is 23.8 Å². The molecule has 1 aromatic carbocycles. The van der Waals surface area contributed by atoms with Gasteiger partial charge in [-0.15, -0.1) is 0 Å². The van der Waals surface area contributed by atoms with Gasteiger partial charge in [-0.2, -0.15) is 0 Å². The van der Waals surface area contributed by atoms with Gasteiger partial charge >= 0.3 is 0 Å². The van der Waals surface area contributed by atoms with Gasteiger partial charge in [0.1, 0.15) is 0 Å². The van der Waals surface area contributed by atoms with E-state index in [1.165, 1.54) is 32.1 Å². The van der Waals surface area contributed by atoms with Crippen molar-refractivity contribution in [2.45, 2.75) is 77.2 Å². The van der Waals surface area contributed by atoms with E-state index in [1.807, 2.05) is 13.0 Å². The summed E-state index contributed by atoms with van der Waals surface area (Å²) in [7, 11) is 0. The summed E-state index contributed by atoms with van der Waals surface area (Å²) in [6.07, 6.45) is 11.1. The van der Waals surface area contributed by atoms with E-state index in [0.29, 0.717) is 0 Å². The Balaban J connectivity index is 1.96. The third-order valence-corrected chi connectivity index (χ3v) is 4.01. The molecule has 0 radical (unpaired) electrons. The lowest BCUT2D eigenvalue weighted by Crippen LogP contribution is -2.03. The summed E-state index contributed by atoms with van der Waals surface area (Å²) in [6.45, 7) is 2.03. The van der Waals surface area contributed by atoms with Gasteiger partial charge in [0.05, 0.1) is 6.10 Å². The standard InChI is InChI=1S/C18H30O3/c1-2-16(19)11-9-7-5-3-4-6-8-10-15-12-13-17(20)18(21)14-15/h12-14,16,19-21H,2-11H2,1H3. The molecular formula is C18H30O3. The molecule has 1 aromatic rings. The van der Waals surface area contributed by atoms with Gasteiger partial charge in [-0.25, -0.2) is 0 Å². The number of benzene rings is 1. The lowest BCUT2D eigenvalue weighted by Gasteiger charge is -2.07. The maximum absolute atomic E-state index is 9.44. The van der Waals surface area contributed by atoms with Crippen LogP contribution in [0.3, 0.4) is 0 Å². The minimum absolute atomic E-state index is 0.0261. The van der Waals surface area contributed by atoms with Crippen LogP contribution in [0, 0.1) is 0 Å². The predicted octanol–water partition coefficient (Wildman–Crippen LogP) is 4.53. The third-order valence-electron chi connectivity index (χ3n) is 4.01. The first-order valence-corrected chi connectivity index (χ1v) is 8.32. The van der Waals surface area contributed by atoms with Crippen LogP contribution < -0.4 is 0 Å². The van der Waals surface area contributed by atoms with E-state index in [9.17, 15) is 15.3 Å². The van der Waals surface area contributed by atoms with E-state index in [1.54, 1.807) is 12.1 Å². The first-order valence-electron chi connectivity index (χ1n) is 8.32. The number of hydrogen-bond donors (Lipinski definition) is 3. The number of rotatable bonds is 11. The Morgan fingerprint density at radius 1 is 0.857 bits per heavy atom. The van der Waals surface area contributed by atoms with Crippen molar-refractivity contribution in [2.75, 3.05) is 0 Å². The summed E-state index contributed by atoms with van der Waals surface area (Å²) in [5.74, 6) is -0.0753. The van der Waals surface area contributed by atoms with Gasteiger partial charge in [0.2, 0.25) is 0 Å². The zero-order valence-electron chi connectivity index (χ0n) is 13.2. The second kappa shape index (κ2) is 10.5. The Bertz CT molecular complexity index is 390. The van der Waals surface area contributed by atoms with E-state index in [0.717, 1.165) is 37.7 Å². The highest BCUT2D eigenvalue weighted by Crippen LogP contribution is 2.25. The molecule has 120 valence electrons. The highest BCUT2D eigenvalue weighted by Gasteiger charge is 2.01. The molecule has 0 fully saturated rings. The van der Waals surface area contributed by atoms with Crippen molar-refractivity contribution >= 4 is 0 Å². The van der Waals surface area contributed by atoms with Gasteiger partial charge in [0.15, 0.2) is 11.5 Å². The molecule has 0 saturated heterocycles. The number of phenols is 2. The van der Waals surface area contributed by atoms with Crippen LogP contribution in [0.25, 0.3) is 0 Å². The van der Waals surface area contributed by atoms with E-state index < -0.39 is 0 Å². The lowest BCUT2D eigenvalue weighted by atomic mass is 10.0. The molecule has 0 aliphatic carbocycles. The Kier molecular flexibility index (Phi) is 8.91. The van der Waals surface area contributed by atoms with Crippen molar-refractivity contribution < 1.29 is 15.3 Å². The van der Waals surface area contributed by atoms with E-state index in [-0.39, 0.29) is 17.6 Å². The summed E-state index contributed by atoms with van der Waals surface area (Å²) in [4.78, 5) is 0. The Labute approximate surface area is 128 Å². The molecule has 0 aliphatic heterocycles. The smallest absolute Gasteiger partial charge is 0.157 e. The highest BCUT2D eigenvalue weighted by atomic mass is 16.3. The molecule has 3 nitrogen and oxygen atoms in total. The molecule has 1 rings (SSSR count). The third kappa shape index (κ3) is 7.96. The number of aliphatic hydroxyl groups excluding tert-OH is 1. The zero-order chi connectivity index (χ0) is 15.5. The van der Waals surface area contributed by atoms with Crippen molar-refractivity contribution in [3.63, 3.8) is 0 Å². The maximum Gasteiger partial charge on any atom is 0.157 e. The van der Waals surface area contributed by atoms with Crippen LogP contribution in [0.5, 0.6) is 11.5 Å². The molecule has 3 heteroatoms. The van der Waals surface area contributed by atoms with Crippen LogP contribution in [0.15, 0.2) is 18.2 Å². The molecule has 21 heavy (non-hydrogen) atoms. The summed E-state index contributed by atoms with van der Waals surface area (Å²) < 4.78 is 0. The number of aliphatic hydroxyl groups is 1. The molecule has 0 saturated carbocycles. The van der Waals surface area contributed by atoms with Gasteiger partial charge in [-0.1, -0.05) is 51.5 Å². The van der Waals surface area contributed by atoms with Crippen LogP contribution in [-0.4, -0.2) is 21.4 Å². The van der Waals surface area contributed by atoms with Gasteiger partial charge in [0.25, 0.3) is 0 Å². The van der Waals surface area contributed by atoms with Crippen LogP contribution >= 0.6 is 0 Å². The van der Waals surface area contributed by atoms with Gasteiger partial charge in [0, 0.05) is 0 Å². The zero-order valence-corrected chi connectivity index (χ0v) is 13.2. The quantitative estimate of drug-likeness (QED) is 0.415. The molecule has 3 N–H and O–H groups in total. The first-order chi connectivity index (χ1) is 10.1. The minimum Gasteiger partial charge on any atom is -0.504 e. The largest absolute Gasteiger partial charge is 0.504 e. The molecule has 0 aliphatic rings. The molecule has 1 atom stereocenters. The highest BCUT2D eigenvalue weighted by molar-refractivity contribution is 5.40. The maximum atomic E-state index is 9.44. The van der Waals surface area contributed by atoms with Gasteiger partial charge in [-0.3, -0.25) is 0 Å². The molecule has 0 bridgehead atoms. The summed E-state index contributed by atoms with van der Waals surface area (Å²) in [5, 5.41) is 28.1. The Hall–Kier alpha value is -1.22. The van der Waals surface area contributed by atoms with E-state index >= 15 is 0 Å². The predicted molar refractivity (Wildman–Crippen MR) is 86.7 cm³/mol. The lowest BCUT2D eigenvalue weighted by molar-refractivity contribution is 0.156. The van der Waals surface area contributed by atoms with Gasteiger partial charge < -0.3 is 15.3 Å². The van der Waals surface area contributed by atoms with Crippen LogP contribution in [0.4, 0.5) is 0 Å². The Morgan fingerprint density at radius 3 is 2.10 bits per heavy atom. The van der Waals surface area contributed by atoms with E-state index in [2.05, 4.69) is 0 Å². The summed E-state index contributed by atoms with van der Waals surface area (Å²) in [6, 6.07) is 5.07. The van der Waals surface area contributed by atoms with Crippen molar-refractivity contribution in [1.29, 1.82) is 0 Å². The Morgan fingerprint density at radius 2 is 1.48 bits per heavy atom. The average Bonchev–Trinajstić information content (AvgIpc) is 2.48. The fraction of sp³-hybridized carbons (Fsp3) is 0.667. The molecule has 0 aromatic heterocycles. The molecule has 0 heterocycles. The second-order valence-electron chi connectivity index (χ2n) is 5.90. The van der Waals surface area contributed by atoms with Gasteiger partial charge in [-0.05, 0) is 43.4 Å².